The van der Waals surface area contributed by atoms with Crippen LogP contribution in [-0.4, -0.2) is 21.9 Å². The van der Waals surface area contributed by atoms with Gasteiger partial charge in [0, 0.05) is 28.8 Å². The quantitative estimate of drug-likeness (QED) is 0.863. The topological polar surface area (TPSA) is 37.4 Å². The van der Waals surface area contributed by atoms with Gasteiger partial charge in [-0.15, -0.1) is 0 Å². The first-order valence-electron chi connectivity index (χ1n) is 7.57. The lowest BCUT2D eigenvalue weighted by molar-refractivity contribution is -0.117. The van der Waals surface area contributed by atoms with E-state index in [4.69, 9.17) is 0 Å². The van der Waals surface area contributed by atoms with E-state index in [9.17, 15) is 13.4 Å². The molecule has 120 valence electrons. The second-order valence-corrected chi connectivity index (χ2v) is 7.42. The van der Waals surface area contributed by atoms with Crippen LogP contribution in [0.3, 0.4) is 0 Å². The third-order valence-corrected chi connectivity index (χ3v) is 5.73. The number of nitrogens with zero attached hydrogens (tertiary/aromatic N) is 1. The molecule has 3 rings (SSSR count). The highest BCUT2D eigenvalue weighted by molar-refractivity contribution is 7.85. The van der Waals surface area contributed by atoms with Crippen molar-refractivity contribution >= 4 is 22.4 Å². The summed E-state index contributed by atoms with van der Waals surface area (Å²) in [7, 11) is -1.34. The first-order valence-corrected chi connectivity index (χ1v) is 8.95. The lowest BCUT2D eigenvalue weighted by atomic mass is 10.2. The van der Waals surface area contributed by atoms with E-state index in [2.05, 4.69) is 0 Å². The highest BCUT2D eigenvalue weighted by atomic mass is 32.2. The number of fused-ring (bicyclic) bond motifs is 1. The Bertz CT molecular complexity index is 745. The largest absolute Gasteiger partial charge is 0.311 e. The molecule has 1 amide bonds. The molecule has 1 heterocycles. The van der Waals surface area contributed by atoms with Crippen LogP contribution in [0.4, 0.5) is 10.1 Å². The molecule has 0 saturated heterocycles. The molecule has 0 saturated carbocycles. The Morgan fingerprint density at radius 1 is 1.22 bits per heavy atom. The number of anilines is 1. The minimum Gasteiger partial charge on any atom is -0.311 e. The molecule has 0 radical (unpaired) electrons. The van der Waals surface area contributed by atoms with Gasteiger partial charge in [-0.1, -0.05) is 30.3 Å². The predicted molar refractivity (Wildman–Crippen MR) is 90.2 cm³/mol. The van der Waals surface area contributed by atoms with E-state index in [1.165, 1.54) is 12.1 Å². The number of hydrogen-bond acceptors (Lipinski definition) is 2. The summed E-state index contributed by atoms with van der Waals surface area (Å²) in [6.07, 6.45) is 0.833. The predicted octanol–water partition coefficient (Wildman–Crippen LogP) is 3.05. The normalized spacial score (nSPS) is 16.0. The zero-order valence-electron chi connectivity index (χ0n) is 12.9. The monoisotopic (exact) mass is 331 g/mol. The molecule has 0 spiro atoms. The Labute approximate surface area is 137 Å². The van der Waals surface area contributed by atoms with E-state index in [1.54, 1.807) is 24.0 Å². The summed E-state index contributed by atoms with van der Waals surface area (Å²) >= 11 is 0. The SMILES string of the molecule is CC(C(=O)N1CCc2ccccc21)S(=O)Cc1ccc(F)cc1. The molecule has 3 nitrogen and oxygen atoms in total. The number of benzene rings is 2. The van der Waals surface area contributed by atoms with Crippen LogP contribution >= 0.6 is 0 Å². The fourth-order valence-electron chi connectivity index (χ4n) is 2.77. The van der Waals surface area contributed by atoms with Crippen LogP contribution < -0.4 is 4.90 Å². The van der Waals surface area contributed by atoms with Gasteiger partial charge in [-0.2, -0.15) is 0 Å². The molecule has 2 atom stereocenters. The number of rotatable bonds is 4. The summed E-state index contributed by atoms with van der Waals surface area (Å²) in [5, 5.41) is -0.591. The van der Waals surface area contributed by atoms with Gasteiger partial charge in [0.1, 0.15) is 11.1 Å². The maximum absolute atomic E-state index is 12.9. The third-order valence-electron chi connectivity index (χ3n) is 4.12. The van der Waals surface area contributed by atoms with Crippen molar-refractivity contribution < 1.29 is 13.4 Å². The first-order chi connectivity index (χ1) is 11.1. The van der Waals surface area contributed by atoms with E-state index in [1.807, 2.05) is 24.3 Å². The van der Waals surface area contributed by atoms with Crippen LogP contribution in [0.15, 0.2) is 48.5 Å². The Balaban J connectivity index is 1.70. The molecule has 1 aliphatic heterocycles. The van der Waals surface area contributed by atoms with Gasteiger partial charge in [-0.25, -0.2) is 4.39 Å². The lowest BCUT2D eigenvalue weighted by Crippen LogP contribution is -2.39. The van der Waals surface area contributed by atoms with Crippen LogP contribution in [0.2, 0.25) is 0 Å². The highest BCUT2D eigenvalue weighted by Gasteiger charge is 2.30. The van der Waals surface area contributed by atoms with Crippen LogP contribution in [0, 0.1) is 5.82 Å². The van der Waals surface area contributed by atoms with Crippen molar-refractivity contribution in [3.63, 3.8) is 0 Å². The van der Waals surface area contributed by atoms with Gasteiger partial charge in [0.25, 0.3) is 0 Å². The molecule has 5 heteroatoms. The lowest BCUT2D eigenvalue weighted by Gasteiger charge is -2.21. The van der Waals surface area contributed by atoms with E-state index < -0.39 is 16.0 Å². The number of hydrogen-bond donors (Lipinski definition) is 0. The standard InChI is InChI=1S/C18H18FNO2S/c1-13(23(22)12-14-6-8-16(19)9-7-14)18(21)20-11-10-15-4-2-3-5-17(15)20/h2-9,13H,10-12H2,1H3. The number of para-hydroxylation sites is 1. The Kier molecular flexibility index (Phi) is 4.57. The van der Waals surface area contributed by atoms with Gasteiger partial charge in [0.2, 0.25) is 5.91 Å². The summed E-state index contributed by atoms with van der Waals surface area (Å²) in [4.78, 5) is 14.4. The van der Waals surface area contributed by atoms with E-state index in [-0.39, 0.29) is 17.5 Å². The molecule has 1 aliphatic rings. The fraction of sp³-hybridized carbons (Fsp3) is 0.278. The minimum atomic E-state index is -1.34. The summed E-state index contributed by atoms with van der Waals surface area (Å²) in [6.45, 7) is 2.33. The smallest absolute Gasteiger partial charge is 0.242 e. The van der Waals surface area contributed by atoms with E-state index in [0.29, 0.717) is 6.54 Å². The fourth-order valence-corrected chi connectivity index (χ4v) is 3.89. The molecule has 0 fully saturated rings. The first kappa shape index (κ1) is 15.9. The number of carbonyl (C=O) groups excluding carboxylic acids is 1. The minimum absolute atomic E-state index is 0.115. The van der Waals surface area contributed by atoms with Crippen LogP contribution in [0.5, 0.6) is 0 Å². The highest BCUT2D eigenvalue weighted by Crippen LogP contribution is 2.28. The summed E-state index contributed by atoms with van der Waals surface area (Å²) in [5.74, 6) is -0.185. The third kappa shape index (κ3) is 3.34. The summed E-state index contributed by atoms with van der Waals surface area (Å²) in [5.41, 5.74) is 2.84. The van der Waals surface area contributed by atoms with Gasteiger partial charge >= 0.3 is 0 Å². The van der Waals surface area contributed by atoms with Crippen molar-refractivity contribution in [3.05, 3.63) is 65.5 Å². The van der Waals surface area contributed by atoms with Gasteiger partial charge in [-0.3, -0.25) is 9.00 Å². The van der Waals surface area contributed by atoms with E-state index >= 15 is 0 Å². The maximum Gasteiger partial charge on any atom is 0.242 e. The van der Waals surface area contributed by atoms with Crippen molar-refractivity contribution in [2.75, 3.05) is 11.4 Å². The Hall–Kier alpha value is -2.01. The van der Waals surface area contributed by atoms with Crippen molar-refractivity contribution in [1.29, 1.82) is 0 Å². The number of amides is 1. The Morgan fingerprint density at radius 2 is 1.91 bits per heavy atom. The number of carbonyl (C=O) groups is 1. The van der Waals surface area contributed by atoms with Crippen molar-refractivity contribution in [3.8, 4) is 0 Å². The molecule has 2 aromatic rings. The van der Waals surface area contributed by atoms with Gasteiger partial charge in [0.15, 0.2) is 0 Å². The zero-order chi connectivity index (χ0) is 16.4. The second-order valence-electron chi connectivity index (χ2n) is 5.66. The zero-order valence-corrected chi connectivity index (χ0v) is 13.7. The molecule has 0 bridgehead atoms. The molecule has 0 N–H and O–H groups in total. The average molecular weight is 331 g/mol. The number of halogens is 1. The average Bonchev–Trinajstić information content (AvgIpc) is 2.99. The maximum atomic E-state index is 12.9. The Morgan fingerprint density at radius 3 is 2.65 bits per heavy atom. The molecule has 2 unspecified atom stereocenters. The van der Waals surface area contributed by atoms with Crippen molar-refractivity contribution in [2.45, 2.75) is 24.3 Å². The summed E-state index contributed by atoms with van der Waals surface area (Å²) < 4.78 is 25.4. The van der Waals surface area contributed by atoms with Crippen LogP contribution in [0.25, 0.3) is 0 Å². The van der Waals surface area contributed by atoms with Gasteiger partial charge < -0.3 is 4.90 Å². The molecule has 23 heavy (non-hydrogen) atoms. The van der Waals surface area contributed by atoms with E-state index in [0.717, 1.165) is 23.2 Å². The second kappa shape index (κ2) is 6.62. The molecule has 2 aromatic carbocycles. The summed E-state index contributed by atoms with van der Waals surface area (Å²) in [6, 6.07) is 13.7. The molecule has 0 aliphatic carbocycles. The van der Waals surface area contributed by atoms with Gasteiger partial charge in [-0.05, 0) is 42.7 Å². The van der Waals surface area contributed by atoms with Crippen LogP contribution in [-0.2, 0) is 27.8 Å². The molecule has 0 aromatic heterocycles. The van der Waals surface area contributed by atoms with Gasteiger partial charge in [0.05, 0.1) is 0 Å². The molecular weight excluding hydrogens is 313 g/mol. The molecular formula is C18H18FNO2S. The van der Waals surface area contributed by atoms with Crippen molar-refractivity contribution in [1.82, 2.24) is 0 Å². The van der Waals surface area contributed by atoms with Crippen LogP contribution in [0.1, 0.15) is 18.1 Å². The van der Waals surface area contributed by atoms with Crippen molar-refractivity contribution in [2.24, 2.45) is 0 Å².